The Morgan fingerprint density at radius 3 is 2.11 bits per heavy atom. The molecule has 0 aliphatic heterocycles. The van der Waals surface area contributed by atoms with Gasteiger partial charge in [0, 0.05) is 43.0 Å². The van der Waals surface area contributed by atoms with E-state index in [0.717, 1.165) is 56.7 Å². The molecular weight excluding hydrogens is 562 g/mol. The van der Waals surface area contributed by atoms with Crippen molar-refractivity contribution in [3.63, 3.8) is 0 Å². The van der Waals surface area contributed by atoms with Gasteiger partial charge in [0.1, 0.15) is 13.2 Å². The van der Waals surface area contributed by atoms with Gasteiger partial charge < -0.3 is 46.4 Å². The predicted octanol–water partition coefficient (Wildman–Crippen LogP) is 2.93. The molecule has 1 aliphatic carbocycles. The average Bonchev–Trinajstić information content (AvgIpc) is 3.01. The van der Waals surface area contributed by atoms with Crippen molar-refractivity contribution in [3.05, 3.63) is 24.6 Å². The molecule has 1 fully saturated rings. The Bertz CT molecular complexity index is 778. The molecule has 1 aliphatic rings. The fourth-order valence-electron chi connectivity index (χ4n) is 4.87. The van der Waals surface area contributed by atoms with E-state index in [1.54, 1.807) is 0 Å². The minimum absolute atomic E-state index is 0.0221. The van der Waals surface area contributed by atoms with E-state index in [-0.39, 0.29) is 30.9 Å². The highest BCUT2D eigenvalue weighted by atomic mass is 16.5. The summed E-state index contributed by atoms with van der Waals surface area (Å²) in [6.45, 7) is 14.7. The van der Waals surface area contributed by atoms with Gasteiger partial charge in [-0.15, -0.1) is 0 Å². The maximum atomic E-state index is 11.9. The number of carbonyl (C=O) groups excluding carboxylic acids is 2. The molecule has 11 nitrogen and oxygen atoms in total. The molecule has 0 bridgehead atoms. The van der Waals surface area contributed by atoms with Gasteiger partial charge in [0.05, 0.1) is 39.6 Å². The van der Waals surface area contributed by atoms with Crippen LogP contribution in [-0.4, -0.2) is 96.3 Å². The molecular formula is C33H63N5O6. The zero-order valence-corrected chi connectivity index (χ0v) is 27.5. The molecule has 11 heteroatoms. The number of rotatable bonds is 30. The summed E-state index contributed by atoms with van der Waals surface area (Å²) in [6, 6.07) is 0.325. The minimum Gasteiger partial charge on any atom is -0.401 e. The van der Waals surface area contributed by atoms with E-state index < -0.39 is 0 Å². The van der Waals surface area contributed by atoms with E-state index in [1.165, 1.54) is 32.1 Å². The molecule has 0 spiro atoms. The SMILES string of the molecule is C=C(CCC(C)NCC1CCCCC1)NCCOCCOCC(=O)NCCOCCOCC(=O)CCCCCC(N)C(=C)N. The second-order valence-electron chi connectivity index (χ2n) is 11.9. The van der Waals surface area contributed by atoms with E-state index >= 15 is 0 Å². The van der Waals surface area contributed by atoms with Crippen LogP contribution in [0, 0.1) is 5.92 Å². The first kappa shape index (κ1) is 40.0. The lowest BCUT2D eigenvalue weighted by atomic mass is 9.89. The van der Waals surface area contributed by atoms with Crippen LogP contribution in [0.3, 0.4) is 0 Å². The number of nitrogens with one attached hydrogen (secondary N) is 3. The molecule has 0 aromatic heterocycles. The van der Waals surface area contributed by atoms with Crippen molar-refractivity contribution >= 4 is 11.7 Å². The van der Waals surface area contributed by atoms with Crippen molar-refractivity contribution in [2.45, 2.75) is 96.1 Å². The first-order valence-electron chi connectivity index (χ1n) is 16.7. The predicted molar refractivity (Wildman–Crippen MR) is 176 cm³/mol. The molecule has 0 aromatic carbocycles. The molecule has 7 N–H and O–H groups in total. The number of amides is 1. The molecule has 0 aromatic rings. The van der Waals surface area contributed by atoms with Crippen molar-refractivity contribution in [2.24, 2.45) is 17.4 Å². The number of ether oxygens (including phenoxy) is 4. The smallest absolute Gasteiger partial charge is 0.246 e. The van der Waals surface area contributed by atoms with Crippen LogP contribution in [0.1, 0.15) is 84.0 Å². The highest BCUT2D eigenvalue weighted by Gasteiger charge is 2.14. The number of ketones is 1. The zero-order chi connectivity index (χ0) is 32.3. The van der Waals surface area contributed by atoms with Crippen molar-refractivity contribution in [2.75, 3.05) is 72.5 Å². The molecule has 0 radical (unpaired) electrons. The van der Waals surface area contributed by atoms with Gasteiger partial charge >= 0.3 is 0 Å². The summed E-state index contributed by atoms with van der Waals surface area (Å²) in [5.41, 5.74) is 12.9. The van der Waals surface area contributed by atoms with Crippen LogP contribution in [-0.2, 0) is 28.5 Å². The summed E-state index contributed by atoms with van der Waals surface area (Å²) < 4.78 is 21.7. The van der Waals surface area contributed by atoms with Gasteiger partial charge in [-0.3, -0.25) is 9.59 Å². The number of hydrogen-bond acceptors (Lipinski definition) is 10. The van der Waals surface area contributed by atoms with Gasteiger partial charge in [0.2, 0.25) is 5.91 Å². The van der Waals surface area contributed by atoms with Gasteiger partial charge in [-0.1, -0.05) is 45.3 Å². The lowest BCUT2D eigenvalue weighted by Crippen LogP contribution is -2.32. The molecule has 44 heavy (non-hydrogen) atoms. The largest absolute Gasteiger partial charge is 0.401 e. The van der Waals surface area contributed by atoms with Crippen LogP contribution in [0.15, 0.2) is 24.6 Å². The number of Topliss-reactive ketones (excluding diaryl/α,β-unsaturated/α-hetero) is 1. The summed E-state index contributed by atoms with van der Waals surface area (Å²) in [4.78, 5) is 23.7. The van der Waals surface area contributed by atoms with Crippen LogP contribution < -0.4 is 27.4 Å². The van der Waals surface area contributed by atoms with Crippen LogP contribution in [0.2, 0.25) is 0 Å². The summed E-state index contributed by atoms with van der Waals surface area (Å²) in [6.07, 6.45) is 12.9. The average molecular weight is 626 g/mol. The van der Waals surface area contributed by atoms with Crippen LogP contribution >= 0.6 is 0 Å². The Morgan fingerprint density at radius 2 is 1.43 bits per heavy atom. The number of nitrogens with two attached hydrogens (primary N) is 2. The minimum atomic E-state index is -0.203. The van der Waals surface area contributed by atoms with Gasteiger partial charge in [0.25, 0.3) is 0 Å². The maximum absolute atomic E-state index is 11.9. The van der Waals surface area contributed by atoms with E-state index in [9.17, 15) is 9.59 Å². The third-order valence-electron chi connectivity index (χ3n) is 7.74. The zero-order valence-electron chi connectivity index (χ0n) is 27.5. The van der Waals surface area contributed by atoms with Gasteiger partial charge in [-0.25, -0.2) is 0 Å². The number of carbonyl (C=O) groups is 2. The van der Waals surface area contributed by atoms with E-state index in [0.29, 0.717) is 70.9 Å². The van der Waals surface area contributed by atoms with Gasteiger partial charge in [0.15, 0.2) is 5.78 Å². The van der Waals surface area contributed by atoms with Crippen LogP contribution in [0.5, 0.6) is 0 Å². The fourth-order valence-corrected chi connectivity index (χ4v) is 4.87. The first-order chi connectivity index (χ1) is 21.3. The number of hydrogen-bond donors (Lipinski definition) is 5. The number of unbranched alkanes of at least 4 members (excludes halogenated alkanes) is 2. The first-order valence-corrected chi connectivity index (χ1v) is 16.7. The monoisotopic (exact) mass is 625 g/mol. The molecule has 0 heterocycles. The highest BCUT2D eigenvalue weighted by Crippen LogP contribution is 2.23. The Hall–Kier alpha value is -2.02. The second-order valence-corrected chi connectivity index (χ2v) is 11.9. The van der Waals surface area contributed by atoms with Gasteiger partial charge in [-0.2, -0.15) is 0 Å². The standard InChI is InChI=1S/C33H63N5O6/c1-27(14-15-28(2)38-24-30-10-6-4-7-11-30)36-16-18-41-21-23-44-26-33(40)37-17-19-42-20-22-43-25-31(39)12-8-5-9-13-32(35)29(3)34/h28,30,32,36,38H,1,3-26,34-35H2,2H3,(H,37,40). The van der Waals surface area contributed by atoms with Crippen LogP contribution in [0.25, 0.3) is 0 Å². The van der Waals surface area contributed by atoms with E-state index in [2.05, 4.69) is 36.0 Å². The normalized spacial score (nSPS) is 15.0. The maximum Gasteiger partial charge on any atom is 0.246 e. The Balaban J connectivity index is 1.81. The summed E-state index contributed by atoms with van der Waals surface area (Å²) in [7, 11) is 0. The lowest BCUT2D eigenvalue weighted by Gasteiger charge is -2.24. The Morgan fingerprint density at radius 1 is 0.795 bits per heavy atom. The van der Waals surface area contributed by atoms with Crippen molar-refractivity contribution in [3.8, 4) is 0 Å². The third kappa shape index (κ3) is 24.3. The summed E-state index contributed by atoms with van der Waals surface area (Å²) >= 11 is 0. The van der Waals surface area contributed by atoms with E-state index in [4.69, 9.17) is 30.4 Å². The molecule has 1 rings (SSSR count). The quantitative estimate of drug-likeness (QED) is 0.0752. The Labute approximate surface area is 266 Å². The molecule has 1 saturated carbocycles. The van der Waals surface area contributed by atoms with Crippen LogP contribution in [0.4, 0.5) is 0 Å². The highest BCUT2D eigenvalue weighted by molar-refractivity contribution is 5.79. The van der Waals surface area contributed by atoms with Crippen molar-refractivity contribution < 1.29 is 28.5 Å². The molecule has 0 saturated heterocycles. The molecule has 1 amide bonds. The van der Waals surface area contributed by atoms with Crippen molar-refractivity contribution in [1.82, 2.24) is 16.0 Å². The summed E-state index contributed by atoms with van der Waals surface area (Å²) in [5, 5.41) is 9.75. The topological polar surface area (TPSA) is 159 Å². The fraction of sp³-hybridized carbons (Fsp3) is 0.818. The molecule has 256 valence electrons. The Kier molecular flexibility index (Phi) is 24.8. The lowest BCUT2D eigenvalue weighted by molar-refractivity contribution is -0.127. The van der Waals surface area contributed by atoms with Crippen molar-refractivity contribution in [1.29, 1.82) is 0 Å². The third-order valence-corrected chi connectivity index (χ3v) is 7.74. The van der Waals surface area contributed by atoms with Gasteiger partial charge in [-0.05, 0) is 57.9 Å². The molecule has 2 unspecified atom stereocenters. The second kappa shape index (κ2) is 27.3. The number of allylic oxidation sites excluding steroid dienone is 1. The summed E-state index contributed by atoms with van der Waals surface area (Å²) in [5.74, 6) is 0.725. The van der Waals surface area contributed by atoms with E-state index in [1.807, 2.05) is 0 Å². The molecule has 2 atom stereocenters.